The summed E-state index contributed by atoms with van der Waals surface area (Å²) < 4.78 is 27.6. The topological polar surface area (TPSA) is 46.2 Å². The number of rotatable bonds is 6. The van der Waals surface area contributed by atoms with Gasteiger partial charge in [-0.15, -0.1) is 0 Å². The quantitative estimate of drug-likeness (QED) is 0.872. The SMILES string of the molecule is CCCCc1ccccc1NS(=O)(=O)c1ccc(C)cc1. The van der Waals surface area contributed by atoms with Gasteiger partial charge in [0.2, 0.25) is 0 Å². The zero-order chi connectivity index (χ0) is 15.3. The van der Waals surface area contributed by atoms with Gasteiger partial charge in [0.05, 0.1) is 10.6 Å². The molecular formula is C17H21NO2S. The zero-order valence-electron chi connectivity index (χ0n) is 12.5. The fraction of sp³-hybridized carbons (Fsp3) is 0.294. The number of sulfonamides is 1. The van der Waals surface area contributed by atoms with Crippen LogP contribution in [0.4, 0.5) is 5.69 Å². The van der Waals surface area contributed by atoms with Crippen molar-refractivity contribution in [3.05, 3.63) is 59.7 Å². The summed E-state index contributed by atoms with van der Waals surface area (Å²) in [7, 11) is -3.53. The third-order valence-corrected chi connectivity index (χ3v) is 4.77. The lowest BCUT2D eigenvalue weighted by atomic mass is 10.1. The molecule has 0 amide bonds. The summed E-state index contributed by atoms with van der Waals surface area (Å²) in [6.45, 7) is 4.06. The number of benzene rings is 2. The maximum absolute atomic E-state index is 12.4. The average molecular weight is 303 g/mol. The number of aryl methyl sites for hydroxylation is 2. The van der Waals surface area contributed by atoms with Crippen molar-refractivity contribution in [3.63, 3.8) is 0 Å². The molecule has 1 N–H and O–H groups in total. The monoisotopic (exact) mass is 303 g/mol. The summed E-state index contributed by atoms with van der Waals surface area (Å²) in [4.78, 5) is 0.290. The molecule has 0 saturated heterocycles. The van der Waals surface area contributed by atoms with E-state index in [9.17, 15) is 8.42 Å². The van der Waals surface area contributed by atoms with Crippen LogP contribution in [0.2, 0.25) is 0 Å². The van der Waals surface area contributed by atoms with E-state index in [0.717, 1.165) is 30.4 Å². The highest BCUT2D eigenvalue weighted by Crippen LogP contribution is 2.21. The van der Waals surface area contributed by atoms with Gasteiger partial charge < -0.3 is 0 Å². The molecule has 21 heavy (non-hydrogen) atoms. The van der Waals surface area contributed by atoms with Gasteiger partial charge in [0.15, 0.2) is 0 Å². The summed E-state index contributed by atoms with van der Waals surface area (Å²) >= 11 is 0. The smallest absolute Gasteiger partial charge is 0.261 e. The largest absolute Gasteiger partial charge is 0.279 e. The van der Waals surface area contributed by atoms with Crippen molar-refractivity contribution in [1.82, 2.24) is 0 Å². The van der Waals surface area contributed by atoms with Gasteiger partial charge in [-0.2, -0.15) is 0 Å². The molecule has 0 radical (unpaired) electrons. The number of hydrogen-bond acceptors (Lipinski definition) is 2. The maximum Gasteiger partial charge on any atom is 0.261 e. The highest BCUT2D eigenvalue weighted by molar-refractivity contribution is 7.92. The van der Waals surface area contributed by atoms with Crippen molar-refractivity contribution in [2.45, 2.75) is 38.0 Å². The average Bonchev–Trinajstić information content (AvgIpc) is 2.46. The lowest BCUT2D eigenvalue weighted by Gasteiger charge is -2.12. The van der Waals surface area contributed by atoms with Crippen molar-refractivity contribution in [1.29, 1.82) is 0 Å². The molecule has 0 heterocycles. The van der Waals surface area contributed by atoms with Crippen LogP contribution in [-0.4, -0.2) is 8.42 Å². The van der Waals surface area contributed by atoms with Gasteiger partial charge >= 0.3 is 0 Å². The molecule has 0 atom stereocenters. The van der Waals surface area contributed by atoms with Gasteiger partial charge in [-0.3, -0.25) is 4.72 Å². The first-order valence-corrected chi connectivity index (χ1v) is 8.68. The zero-order valence-corrected chi connectivity index (χ0v) is 13.3. The first-order valence-electron chi connectivity index (χ1n) is 7.20. The molecule has 2 aromatic rings. The fourth-order valence-electron chi connectivity index (χ4n) is 2.13. The summed E-state index contributed by atoms with van der Waals surface area (Å²) in [6, 6.07) is 14.4. The predicted octanol–water partition coefficient (Wildman–Crippen LogP) is 4.14. The molecule has 0 aliphatic heterocycles. The van der Waals surface area contributed by atoms with E-state index in [-0.39, 0.29) is 0 Å². The number of nitrogens with one attached hydrogen (secondary N) is 1. The minimum Gasteiger partial charge on any atom is -0.279 e. The van der Waals surface area contributed by atoms with E-state index < -0.39 is 10.0 Å². The Kier molecular flexibility index (Phi) is 5.02. The van der Waals surface area contributed by atoms with E-state index in [1.807, 2.05) is 31.2 Å². The Morgan fingerprint density at radius 3 is 2.33 bits per heavy atom. The van der Waals surface area contributed by atoms with E-state index in [1.54, 1.807) is 24.3 Å². The van der Waals surface area contributed by atoms with Crippen molar-refractivity contribution in [3.8, 4) is 0 Å². The van der Waals surface area contributed by atoms with Crippen LogP contribution >= 0.6 is 0 Å². The molecule has 0 saturated carbocycles. The number of para-hydroxylation sites is 1. The van der Waals surface area contributed by atoms with Crippen molar-refractivity contribution in [2.75, 3.05) is 4.72 Å². The fourth-order valence-corrected chi connectivity index (χ4v) is 3.23. The lowest BCUT2D eigenvalue weighted by Crippen LogP contribution is -2.14. The Hall–Kier alpha value is -1.81. The van der Waals surface area contributed by atoms with Gasteiger partial charge in [0, 0.05) is 0 Å². The van der Waals surface area contributed by atoms with Crippen LogP contribution in [0, 0.1) is 6.92 Å². The molecule has 0 fully saturated rings. The predicted molar refractivity (Wildman–Crippen MR) is 87.0 cm³/mol. The van der Waals surface area contributed by atoms with Crippen molar-refractivity contribution >= 4 is 15.7 Å². The highest BCUT2D eigenvalue weighted by Gasteiger charge is 2.15. The maximum atomic E-state index is 12.4. The molecule has 2 rings (SSSR count). The van der Waals surface area contributed by atoms with Gasteiger partial charge in [-0.1, -0.05) is 49.2 Å². The minimum atomic E-state index is -3.53. The molecular weight excluding hydrogens is 282 g/mol. The van der Waals surface area contributed by atoms with Crippen LogP contribution in [0.15, 0.2) is 53.4 Å². The van der Waals surface area contributed by atoms with Crippen LogP contribution in [0.3, 0.4) is 0 Å². The summed E-state index contributed by atoms with van der Waals surface area (Å²) in [5.41, 5.74) is 2.75. The molecule has 112 valence electrons. The molecule has 4 heteroatoms. The number of hydrogen-bond donors (Lipinski definition) is 1. The van der Waals surface area contributed by atoms with Crippen LogP contribution in [0.1, 0.15) is 30.9 Å². The molecule has 0 aliphatic carbocycles. The Morgan fingerprint density at radius 2 is 1.67 bits per heavy atom. The molecule has 0 unspecified atom stereocenters. The van der Waals surface area contributed by atoms with E-state index in [1.165, 1.54) is 0 Å². The molecule has 0 aliphatic rings. The summed E-state index contributed by atoms with van der Waals surface area (Å²) in [5, 5.41) is 0. The molecule has 0 bridgehead atoms. The normalized spacial score (nSPS) is 11.3. The van der Waals surface area contributed by atoms with Gasteiger partial charge in [0.1, 0.15) is 0 Å². The first kappa shape index (κ1) is 15.6. The Labute approximate surface area is 127 Å². The van der Waals surface area contributed by atoms with Gasteiger partial charge in [-0.05, 0) is 43.5 Å². The van der Waals surface area contributed by atoms with Crippen LogP contribution in [0.25, 0.3) is 0 Å². The standard InChI is InChI=1S/C17H21NO2S/c1-3-4-7-15-8-5-6-9-17(15)18-21(19,20)16-12-10-14(2)11-13-16/h5-6,8-13,18H,3-4,7H2,1-2H3. The molecule has 3 nitrogen and oxygen atoms in total. The van der Waals surface area contributed by atoms with Crippen molar-refractivity contribution in [2.24, 2.45) is 0 Å². The minimum absolute atomic E-state index is 0.290. The molecule has 0 spiro atoms. The Bertz CT molecular complexity index is 691. The van der Waals surface area contributed by atoms with E-state index in [4.69, 9.17) is 0 Å². The molecule has 2 aromatic carbocycles. The van der Waals surface area contributed by atoms with Crippen molar-refractivity contribution < 1.29 is 8.42 Å². The van der Waals surface area contributed by atoms with Crippen LogP contribution in [-0.2, 0) is 16.4 Å². The summed E-state index contributed by atoms with van der Waals surface area (Å²) in [6.07, 6.45) is 3.01. The number of anilines is 1. The first-order chi connectivity index (χ1) is 10.0. The summed E-state index contributed by atoms with van der Waals surface area (Å²) in [5.74, 6) is 0. The van der Waals surface area contributed by atoms with Crippen LogP contribution in [0.5, 0.6) is 0 Å². The van der Waals surface area contributed by atoms with E-state index in [2.05, 4.69) is 11.6 Å². The van der Waals surface area contributed by atoms with Crippen LogP contribution < -0.4 is 4.72 Å². The highest BCUT2D eigenvalue weighted by atomic mass is 32.2. The third kappa shape index (κ3) is 4.08. The Morgan fingerprint density at radius 1 is 1.00 bits per heavy atom. The third-order valence-electron chi connectivity index (χ3n) is 3.39. The van der Waals surface area contributed by atoms with Gasteiger partial charge in [0.25, 0.3) is 10.0 Å². The second-order valence-corrected chi connectivity index (χ2v) is 6.86. The number of unbranched alkanes of at least 4 members (excludes halogenated alkanes) is 1. The van der Waals surface area contributed by atoms with E-state index in [0.29, 0.717) is 10.6 Å². The second kappa shape index (κ2) is 6.76. The Balaban J connectivity index is 2.26. The second-order valence-electron chi connectivity index (χ2n) is 5.18. The lowest BCUT2D eigenvalue weighted by molar-refractivity contribution is 0.601. The van der Waals surface area contributed by atoms with E-state index >= 15 is 0 Å². The van der Waals surface area contributed by atoms with Gasteiger partial charge in [-0.25, -0.2) is 8.42 Å². The molecule has 0 aromatic heterocycles.